The molecular formula is C27H28ClN5O. The Morgan fingerprint density at radius 1 is 1.15 bits per heavy atom. The first-order valence-corrected chi connectivity index (χ1v) is 12.1. The van der Waals surface area contributed by atoms with Gasteiger partial charge in [0.15, 0.2) is 11.5 Å². The number of carbonyl (C=O) groups is 1. The molecule has 0 spiro atoms. The number of aryl methyl sites for hydroxylation is 1. The highest BCUT2D eigenvalue weighted by Crippen LogP contribution is 2.30. The average Bonchev–Trinajstić information content (AvgIpc) is 3.54. The van der Waals surface area contributed by atoms with Crippen molar-refractivity contribution in [2.24, 2.45) is 5.92 Å². The molecule has 2 N–H and O–H groups in total. The van der Waals surface area contributed by atoms with E-state index >= 15 is 0 Å². The lowest BCUT2D eigenvalue weighted by atomic mass is 10.1. The van der Waals surface area contributed by atoms with Gasteiger partial charge in [0.05, 0.1) is 17.6 Å². The highest BCUT2D eigenvalue weighted by molar-refractivity contribution is 6.31. The molecule has 1 aliphatic carbocycles. The van der Waals surface area contributed by atoms with Gasteiger partial charge in [-0.25, -0.2) is 9.97 Å². The zero-order chi connectivity index (χ0) is 23.8. The van der Waals surface area contributed by atoms with Gasteiger partial charge in [-0.05, 0) is 49.4 Å². The summed E-state index contributed by atoms with van der Waals surface area (Å²) in [6.45, 7) is 7.09. The number of halogens is 1. The third-order valence-corrected chi connectivity index (χ3v) is 6.40. The molecule has 2 aromatic heterocycles. The molecule has 174 valence electrons. The standard InChI is InChI=1S/C27H28ClN5O/c1-16(2)13-29-25-26-30-14-24(18-6-8-19(9-7-18)27(34)31-21-10-11-21)33(26)15-23(32-25)20-5-4-17(3)22(28)12-20/h4-9,12,14-16,21H,10-11,13H2,1-3H3,(H,29,32)(H,31,34). The zero-order valence-corrected chi connectivity index (χ0v) is 20.4. The van der Waals surface area contributed by atoms with Crippen LogP contribution in [0.4, 0.5) is 5.82 Å². The topological polar surface area (TPSA) is 71.3 Å². The van der Waals surface area contributed by atoms with Crippen LogP contribution in [0.5, 0.6) is 0 Å². The van der Waals surface area contributed by atoms with E-state index in [9.17, 15) is 4.79 Å². The Bertz CT molecular complexity index is 1360. The summed E-state index contributed by atoms with van der Waals surface area (Å²) >= 11 is 6.41. The Balaban J connectivity index is 1.56. The number of anilines is 1. The molecule has 2 aromatic carbocycles. The number of carbonyl (C=O) groups excluding carboxylic acids is 1. The van der Waals surface area contributed by atoms with E-state index < -0.39 is 0 Å². The van der Waals surface area contributed by atoms with Gasteiger partial charge in [0.25, 0.3) is 5.91 Å². The van der Waals surface area contributed by atoms with Gasteiger partial charge in [0, 0.05) is 40.5 Å². The van der Waals surface area contributed by atoms with Gasteiger partial charge in [-0.2, -0.15) is 0 Å². The molecule has 0 unspecified atom stereocenters. The third-order valence-electron chi connectivity index (χ3n) is 5.99. The summed E-state index contributed by atoms with van der Waals surface area (Å²) in [4.78, 5) is 21.9. The van der Waals surface area contributed by atoms with Crippen LogP contribution in [0, 0.1) is 12.8 Å². The monoisotopic (exact) mass is 473 g/mol. The van der Waals surface area contributed by atoms with E-state index in [0.717, 1.165) is 58.9 Å². The molecule has 1 aliphatic rings. The quantitative estimate of drug-likeness (QED) is 0.346. The second-order valence-corrected chi connectivity index (χ2v) is 9.78. The molecular weight excluding hydrogens is 446 g/mol. The van der Waals surface area contributed by atoms with E-state index in [1.807, 2.05) is 61.8 Å². The van der Waals surface area contributed by atoms with Crippen molar-refractivity contribution >= 4 is 29.0 Å². The molecule has 1 fully saturated rings. The van der Waals surface area contributed by atoms with Crippen molar-refractivity contribution in [3.05, 3.63) is 71.0 Å². The average molecular weight is 474 g/mol. The summed E-state index contributed by atoms with van der Waals surface area (Å²) in [6, 6.07) is 14.0. The van der Waals surface area contributed by atoms with Crippen LogP contribution in [0.15, 0.2) is 54.9 Å². The van der Waals surface area contributed by atoms with Crippen molar-refractivity contribution in [3.63, 3.8) is 0 Å². The fraction of sp³-hybridized carbons (Fsp3) is 0.296. The summed E-state index contributed by atoms with van der Waals surface area (Å²) < 4.78 is 2.05. The SMILES string of the molecule is Cc1ccc(-c2cn3c(-c4ccc(C(=O)NC5CC5)cc4)cnc3c(NCC(C)C)n2)cc1Cl. The van der Waals surface area contributed by atoms with Crippen LogP contribution in [-0.2, 0) is 0 Å². The van der Waals surface area contributed by atoms with Crippen LogP contribution in [0.25, 0.3) is 28.2 Å². The van der Waals surface area contributed by atoms with E-state index in [-0.39, 0.29) is 5.91 Å². The zero-order valence-electron chi connectivity index (χ0n) is 19.6. The van der Waals surface area contributed by atoms with Gasteiger partial charge in [-0.15, -0.1) is 0 Å². The molecule has 2 heterocycles. The normalized spacial score (nSPS) is 13.4. The number of nitrogens with one attached hydrogen (secondary N) is 2. The molecule has 0 aliphatic heterocycles. The molecule has 6 nitrogen and oxygen atoms in total. The van der Waals surface area contributed by atoms with E-state index in [1.54, 1.807) is 0 Å². The van der Waals surface area contributed by atoms with E-state index in [4.69, 9.17) is 16.6 Å². The maximum atomic E-state index is 12.4. The highest BCUT2D eigenvalue weighted by atomic mass is 35.5. The van der Waals surface area contributed by atoms with Crippen molar-refractivity contribution in [1.82, 2.24) is 19.7 Å². The molecule has 7 heteroatoms. The number of benzene rings is 2. The van der Waals surface area contributed by atoms with Gasteiger partial charge in [-0.3, -0.25) is 9.20 Å². The molecule has 0 bridgehead atoms. The van der Waals surface area contributed by atoms with Crippen LogP contribution in [0.1, 0.15) is 42.6 Å². The fourth-order valence-electron chi connectivity index (χ4n) is 3.80. The van der Waals surface area contributed by atoms with Gasteiger partial charge in [0.2, 0.25) is 0 Å². The van der Waals surface area contributed by atoms with Crippen molar-refractivity contribution in [3.8, 4) is 22.5 Å². The Hall–Kier alpha value is -3.38. The molecule has 5 rings (SSSR count). The summed E-state index contributed by atoms with van der Waals surface area (Å²) in [6.07, 6.45) is 5.98. The Kier molecular flexibility index (Phi) is 6.00. The number of rotatable bonds is 7. The Labute approximate surface area is 204 Å². The summed E-state index contributed by atoms with van der Waals surface area (Å²) in [5.41, 5.74) is 6.10. The lowest BCUT2D eigenvalue weighted by Gasteiger charge is -2.13. The maximum absolute atomic E-state index is 12.4. The number of amides is 1. The van der Waals surface area contributed by atoms with Gasteiger partial charge in [-0.1, -0.05) is 49.7 Å². The molecule has 0 saturated heterocycles. The Morgan fingerprint density at radius 2 is 1.88 bits per heavy atom. The van der Waals surface area contributed by atoms with Crippen LogP contribution in [0.3, 0.4) is 0 Å². The number of fused-ring (bicyclic) bond motifs is 1. The van der Waals surface area contributed by atoms with Crippen molar-refractivity contribution < 1.29 is 4.79 Å². The summed E-state index contributed by atoms with van der Waals surface area (Å²) in [5, 5.41) is 7.20. The molecule has 34 heavy (non-hydrogen) atoms. The largest absolute Gasteiger partial charge is 0.367 e. The Morgan fingerprint density at radius 3 is 2.56 bits per heavy atom. The third kappa shape index (κ3) is 4.64. The number of nitrogens with zero attached hydrogens (tertiary/aromatic N) is 3. The molecule has 1 amide bonds. The van der Waals surface area contributed by atoms with Crippen LogP contribution in [-0.4, -0.2) is 32.9 Å². The lowest BCUT2D eigenvalue weighted by molar-refractivity contribution is 0.0951. The molecule has 1 saturated carbocycles. The van der Waals surface area contributed by atoms with E-state index in [2.05, 4.69) is 33.9 Å². The molecule has 0 atom stereocenters. The lowest BCUT2D eigenvalue weighted by Crippen LogP contribution is -2.25. The highest BCUT2D eigenvalue weighted by Gasteiger charge is 2.23. The first-order valence-electron chi connectivity index (χ1n) is 11.7. The number of hydrogen-bond donors (Lipinski definition) is 2. The van der Waals surface area contributed by atoms with Crippen LogP contribution >= 0.6 is 11.6 Å². The minimum absolute atomic E-state index is 0.0184. The predicted molar refractivity (Wildman–Crippen MR) is 137 cm³/mol. The second kappa shape index (κ2) is 9.11. The number of imidazole rings is 1. The molecule has 0 radical (unpaired) electrons. The minimum atomic E-state index is -0.0184. The second-order valence-electron chi connectivity index (χ2n) is 9.38. The fourth-order valence-corrected chi connectivity index (χ4v) is 3.98. The van der Waals surface area contributed by atoms with Crippen molar-refractivity contribution in [2.75, 3.05) is 11.9 Å². The minimum Gasteiger partial charge on any atom is -0.367 e. The number of hydrogen-bond acceptors (Lipinski definition) is 4. The number of aromatic nitrogens is 3. The summed E-state index contributed by atoms with van der Waals surface area (Å²) in [5.74, 6) is 1.17. The van der Waals surface area contributed by atoms with E-state index in [1.165, 1.54) is 0 Å². The smallest absolute Gasteiger partial charge is 0.251 e. The first-order chi connectivity index (χ1) is 16.4. The maximum Gasteiger partial charge on any atom is 0.251 e. The van der Waals surface area contributed by atoms with Gasteiger partial charge >= 0.3 is 0 Å². The van der Waals surface area contributed by atoms with Crippen molar-refractivity contribution in [2.45, 2.75) is 39.7 Å². The molecule has 4 aromatic rings. The summed E-state index contributed by atoms with van der Waals surface area (Å²) in [7, 11) is 0. The van der Waals surface area contributed by atoms with Crippen LogP contribution in [0.2, 0.25) is 5.02 Å². The van der Waals surface area contributed by atoms with Crippen LogP contribution < -0.4 is 10.6 Å². The van der Waals surface area contributed by atoms with Gasteiger partial charge < -0.3 is 10.6 Å². The first kappa shape index (κ1) is 22.4. The predicted octanol–water partition coefficient (Wildman–Crippen LogP) is 5.99. The van der Waals surface area contributed by atoms with Crippen molar-refractivity contribution in [1.29, 1.82) is 0 Å². The van der Waals surface area contributed by atoms with Gasteiger partial charge in [0.1, 0.15) is 0 Å². The van der Waals surface area contributed by atoms with E-state index in [0.29, 0.717) is 22.5 Å².